The number of benzene rings is 1. The summed E-state index contributed by atoms with van der Waals surface area (Å²) in [5.74, 6) is 0. The van der Waals surface area contributed by atoms with E-state index in [9.17, 15) is 0 Å². The first-order chi connectivity index (χ1) is 8.25. The van der Waals surface area contributed by atoms with Gasteiger partial charge >= 0.3 is 0 Å². The molecule has 2 rings (SSSR count). The molecule has 0 amide bonds. The summed E-state index contributed by atoms with van der Waals surface area (Å²) in [5, 5.41) is 7.35. The molecule has 2 N–H and O–H groups in total. The number of hydrogen-bond donors (Lipinski definition) is 2. The Labute approximate surface area is 116 Å². The van der Waals surface area contributed by atoms with Crippen LogP contribution in [0.15, 0.2) is 28.7 Å². The van der Waals surface area contributed by atoms with Gasteiger partial charge in [-0.1, -0.05) is 31.4 Å². The second-order valence-electron chi connectivity index (χ2n) is 4.41. The molecule has 0 saturated heterocycles. The number of nitrogens with one attached hydrogen (secondary N) is 2. The van der Waals surface area contributed by atoms with Gasteiger partial charge in [-0.05, 0) is 53.1 Å². The second kappa shape index (κ2) is 6.36. The minimum absolute atomic E-state index is 0.547. The van der Waals surface area contributed by atoms with Crippen molar-refractivity contribution in [3.05, 3.63) is 28.7 Å². The summed E-state index contributed by atoms with van der Waals surface area (Å²) in [5.41, 5.74) is 1.01. The van der Waals surface area contributed by atoms with Crippen molar-refractivity contribution in [3.8, 4) is 0 Å². The lowest BCUT2D eigenvalue weighted by atomic mass is 9.96. The van der Waals surface area contributed by atoms with Crippen molar-refractivity contribution in [1.82, 2.24) is 5.32 Å². The van der Waals surface area contributed by atoms with Crippen LogP contribution in [0, 0.1) is 0 Å². The van der Waals surface area contributed by atoms with Gasteiger partial charge in [0.05, 0.1) is 5.69 Å². The molecule has 4 heteroatoms. The molecule has 17 heavy (non-hydrogen) atoms. The Bertz CT molecular complexity index is 389. The summed E-state index contributed by atoms with van der Waals surface area (Å²) in [7, 11) is 0. The Morgan fingerprint density at radius 1 is 1.18 bits per heavy atom. The summed E-state index contributed by atoms with van der Waals surface area (Å²) in [4.78, 5) is 0. The van der Waals surface area contributed by atoms with Crippen LogP contribution in [-0.4, -0.2) is 11.2 Å². The van der Waals surface area contributed by atoms with Crippen LogP contribution in [0.3, 0.4) is 0 Å². The molecular formula is C13H17BrN2S. The predicted molar refractivity (Wildman–Crippen MR) is 80.4 cm³/mol. The molecule has 0 aromatic heterocycles. The Hall–Kier alpha value is -0.610. The zero-order valence-electron chi connectivity index (χ0n) is 9.71. The van der Waals surface area contributed by atoms with Crippen LogP contribution in [0.1, 0.15) is 32.1 Å². The summed E-state index contributed by atoms with van der Waals surface area (Å²) in [6.07, 6.45) is 6.46. The SMILES string of the molecule is S=C(Nc1ccccc1Br)NC1CCCCC1. The smallest absolute Gasteiger partial charge is 0.171 e. The molecule has 0 radical (unpaired) electrons. The van der Waals surface area contributed by atoms with E-state index in [0.29, 0.717) is 6.04 Å². The third-order valence-corrected chi connectivity index (χ3v) is 3.97. The van der Waals surface area contributed by atoms with Gasteiger partial charge < -0.3 is 10.6 Å². The molecule has 0 bridgehead atoms. The van der Waals surface area contributed by atoms with Gasteiger partial charge in [0, 0.05) is 10.5 Å². The third kappa shape index (κ3) is 3.96. The van der Waals surface area contributed by atoms with Crippen molar-refractivity contribution in [2.45, 2.75) is 38.1 Å². The summed E-state index contributed by atoms with van der Waals surface area (Å²) in [6.45, 7) is 0. The van der Waals surface area contributed by atoms with Crippen molar-refractivity contribution in [2.24, 2.45) is 0 Å². The lowest BCUT2D eigenvalue weighted by Gasteiger charge is -2.24. The second-order valence-corrected chi connectivity index (χ2v) is 5.68. The molecule has 1 aromatic carbocycles. The highest BCUT2D eigenvalue weighted by Crippen LogP contribution is 2.21. The van der Waals surface area contributed by atoms with E-state index in [1.54, 1.807) is 0 Å². The molecule has 1 aliphatic carbocycles. The van der Waals surface area contributed by atoms with Gasteiger partial charge in [0.2, 0.25) is 0 Å². The Morgan fingerprint density at radius 3 is 2.59 bits per heavy atom. The molecule has 0 aliphatic heterocycles. The van der Waals surface area contributed by atoms with E-state index in [0.717, 1.165) is 15.3 Å². The lowest BCUT2D eigenvalue weighted by Crippen LogP contribution is -2.38. The Kier molecular flexibility index (Phi) is 4.80. The molecular weight excluding hydrogens is 296 g/mol. The maximum atomic E-state index is 5.33. The Balaban J connectivity index is 1.86. The fourth-order valence-corrected chi connectivity index (χ4v) is 2.81. The molecule has 0 unspecified atom stereocenters. The van der Waals surface area contributed by atoms with Gasteiger partial charge in [-0.3, -0.25) is 0 Å². The maximum absolute atomic E-state index is 5.33. The fourth-order valence-electron chi connectivity index (χ4n) is 2.15. The van der Waals surface area contributed by atoms with Crippen LogP contribution in [0.5, 0.6) is 0 Å². The van der Waals surface area contributed by atoms with Gasteiger partial charge in [-0.2, -0.15) is 0 Å². The highest BCUT2D eigenvalue weighted by molar-refractivity contribution is 9.10. The zero-order chi connectivity index (χ0) is 12.1. The number of thiocarbonyl (C=S) groups is 1. The predicted octanol–water partition coefficient (Wildman–Crippen LogP) is 4.07. The average Bonchev–Trinajstić information content (AvgIpc) is 2.33. The number of halogens is 1. The number of anilines is 1. The topological polar surface area (TPSA) is 24.1 Å². The summed E-state index contributed by atoms with van der Waals surface area (Å²) in [6, 6.07) is 8.56. The number of hydrogen-bond acceptors (Lipinski definition) is 1. The summed E-state index contributed by atoms with van der Waals surface area (Å²) < 4.78 is 1.03. The summed E-state index contributed by atoms with van der Waals surface area (Å²) >= 11 is 8.83. The normalized spacial score (nSPS) is 16.5. The van der Waals surface area contributed by atoms with E-state index in [1.165, 1.54) is 32.1 Å². The minimum Gasteiger partial charge on any atom is -0.360 e. The van der Waals surface area contributed by atoms with Gasteiger partial charge in [-0.15, -0.1) is 0 Å². The van der Waals surface area contributed by atoms with Gasteiger partial charge in [-0.25, -0.2) is 0 Å². The molecule has 1 aromatic rings. The largest absolute Gasteiger partial charge is 0.360 e. The van der Waals surface area contributed by atoms with E-state index in [2.05, 4.69) is 26.6 Å². The van der Waals surface area contributed by atoms with E-state index < -0.39 is 0 Å². The molecule has 1 saturated carbocycles. The highest BCUT2D eigenvalue weighted by atomic mass is 79.9. The van der Waals surface area contributed by atoms with Crippen molar-refractivity contribution >= 4 is 38.9 Å². The van der Waals surface area contributed by atoms with E-state index in [-0.39, 0.29) is 0 Å². The lowest BCUT2D eigenvalue weighted by molar-refractivity contribution is 0.415. The quantitative estimate of drug-likeness (QED) is 0.805. The Morgan fingerprint density at radius 2 is 1.88 bits per heavy atom. The average molecular weight is 313 g/mol. The zero-order valence-corrected chi connectivity index (χ0v) is 12.1. The standard InChI is InChI=1S/C13H17BrN2S/c14-11-8-4-5-9-12(11)16-13(17)15-10-6-2-1-3-7-10/h4-5,8-10H,1-3,6-7H2,(H2,15,16,17). The first kappa shape index (κ1) is 12.8. The van der Waals surface area contributed by atoms with Crippen LogP contribution in [0.4, 0.5) is 5.69 Å². The van der Waals surface area contributed by atoms with Crippen molar-refractivity contribution in [1.29, 1.82) is 0 Å². The van der Waals surface area contributed by atoms with Crippen molar-refractivity contribution in [2.75, 3.05) is 5.32 Å². The van der Waals surface area contributed by atoms with E-state index >= 15 is 0 Å². The third-order valence-electron chi connectivity index (χ3n) is 3.06. The van der Waals surface area contributed by atoms with Crippen LogP contribution in [0.25, 0.3) is 0 Å². The van der Waals surface area contributed by atoms with Gasteiger partial charge in [0.15, 0.2) is 5.11 Å². The fraction of sp³-hybridized carbons (Fsp3) is 0.462. The minimum atomic E-state index is 0.547. The van der Waals surface area contributed by atoms with Gasteiger partial charge in [0.1, 0.15) is 0 Å². The molecule has 1 aliphatic rings. The first-order valence-electron chi connectivity index (χ1n) is 6.08. The van der Waals surface area contributed by atoms with E-state index in [1.807, 2.05) is 24.3 Å². The van der Waals surface area contributed by atoms with Crippen molar-refractivity contribution < 1.29 is 0 Å². The van der Waals surface area contributed by atoms with Gasteiger partial charge in [0.25, 0.3) is 0 Å². The van der Waals surface area contributed by atoms with Crippen LogP contribution in [0.2, 0.25) is 0 Å². The molecule has 2 nitrogen and oxygen atoms in total. The van der Waals surface area contributed by atoms with Crippen LogP contribution in [-0.2, 0) is 0 Å². The number of rotatable bonds is 2. The maximum Gasteiger partial charge on any atom is 0.171 e. The molecule has 92 valence electrons. The van der Waals surface area contributed by atoms with Crippen LogP contribution < -0.4 is 10.6 Å². The number of para-hydroxylation sites is 1. The highest BCUT2D eigenvalue weighted by Gasteiger charge is 2.14. The molecule has 0 atom stereocenters. The molecule has 0 heterocycles. The monoisotopic (exact) mass is 312 g/mol. The van der Waals surface area contributed by atoms with E-state index in [4.69, 9.17) is 12.2 Å². The molecule has 0 spiro atoms. The van der Waals surface area contributed by atoms with Crippen LogP contribution >= 0.6 is 28.1 Å². The van der Waals surface area contributed by atoms with Crippen molar-refractivity contribution in [3.63, 3.8) is 0 Å². The first-order valence-corrected chi connectivity index (χ1v) is 7.28. The molecule has 1 fully saturated rings.